The minimum Gasteiger partial charge on any atom is -0.381 e. The van der Waals surface area contributed by atoms with E-state index in [2.05, 4.69) is 12.2 Å². The zero-order valence-electron chi connectivity index (χ0n) is 11.0. The van der Waals surface area contributed by atoms with Crippen molar-refractivity contribution >= 4 is 17.5 Å². The van der Waals surface area contributed by atoms with Crippen LogP contribution in [0.4, 0.5) is 0 Å². The van der Waals surface area contributed by atoms with E-state index in [4.69, 9.17) is 22.1 Å². The Morgan fingerprint density at radius 2 is 2.42 bits per heavy atom. The second-order valence-corrected chi connectivity index (χ2v) is 5.37. The molecule has 0 bridgehead atoms. The van der Waals surface area contributed by atoms with Gasteiger partial charge in [-0.15, -0.1) is 0 Å². The van der Waals surface area contributed by atoms with Crippen LogP contribution in [0, 0.1) is 5.92 Å². The third-order valence-corrected chi connectivity index (χ3v) is 3.98. The van der Waals surface area contributed by atoms with Crippen molar-refractivity contribution in [2.45, 2.75) is 25.9 Å². The minimum absolute atomic E-state index is 0.384. The number of ether oxygens (including phenoxy) is 1. The highest BCUT2D eigenvalue weighted by molar-refractivity contribution is 6.31. The van der Waals surface area contributed by atoms with Gasteiger partial charge >= 0.3 is 0 Å². The highest BCUT2D eigenvalue weighted by atomic mass is 35.5. The summed E-state index contributed by atoms with van der Waals surface area (Å²) in [6.07, 6.45) is 1.10. The van der Waals surface area contributed by atoms with Gasteiger partial charge in [-0.3, -0.25) is 4.79 Å². The highest BCUT2D eigenvalue weighted by Gasteiger charge is 2.21. The highest BCUT2D eigenvalue weighted by Crippen LogP contribution is 2.20. The lowest BCUT2D eigenvalue weighted by Gasteiger charge is -2.19. The van der Waals surface area contributed by atoms with Crippen LogP contribution in [0.5, 0.6) is 0 Å². The molecule has 1 amide bonds. The summed E-state index contributed by atoms with van der Waals surface area (Å²) in [6, 6.07) is 5.54. The van der Waals surface area contributed by atoms with Crippen molar-refractivity contribution in [1.29, 1.82) is 0 Å². The van der Waals surface area contributed by atoms with Gasteiger partial charge in [-0.1, -0.05) is 17.7 Å². The second-order valence-electron chi connectivity index (χ2n) is 4.96. The molecular formula is C14H19ClN2O2. The van der Waals surface area contributed by atoms with Crippen LogP contribution in [0.3, 0.4) is 0 Å². The van der Waals surface area contributed by atoms with Crippen molar-refractivity contribution in [2.75, 3.05) is 13.2 Å². The van der Waals surface area contributed by atoms with E-state index in [0.29, 0.717) is 29.1 Å². The molecule has 1 saturated heterocycles. The maximum absolute atomic E-state index is 11.0. The molecule has 3 N–H and O–H groups in total. The molecule has 2 unspecified atom stereocenters. The number of rotatable bonds is 5. The predicted octanol–water partition coefficient (Wildman–Crippen LogP) is 1.95. The van der Waals surface area contributed by atoms with Gasteiger partial charge in [0, 0.05) is 29.8 Å². The van der Waals surface area contributed by atoms with E-state index >= 15 is 0 Å². The topological polar surface area (TPSA) is 64.3 Å². The molecule has 1 heterocycles. The van der Waals surface area contributed by atoms with E-state index in [1.54, 1.807) is 12.1 Å². The number of nitrogens with two attached hydrogens (primary N) is 1. The first kappa shape index (κ1) is 14.3. The molecule has 0 radical (unpaired) electrons. The summed E-state index contributed by atoms with van der Waals surface area (Å²) in [5.41, 5.74) is 6.62. The standard InChI is InChI=1S/C14H19ClN2O2/c1-9(12-4-5-19-8-12)17-7-11-3-2-10(14(16)18)6-13(11)15/h2-3,6,9,12,17H,4-5,7-8H2,1H3,(H2,16,18). The number of hydrogen-bond acceptors (Lipinski definition) is 3. The number of primary amides is 1. The van der Waals surface area contributed by atoms with Crippen molar-refractivity contribution in [1.82, 2.24) is 5.32 Å². The lowest BCUT2D eigenvalue weighted by atomic mass is 10.0. The fourth-order valence-electron chi connectivity index (χ4n) is 2.23. The Morgan fingerprint density at radius 1 is 1.63 bits per heavy atom. The van der Waals surface area contributed by atoms with Crippen molar-refractivity contribution < 1.29 is 9.53 Å². The maximum atomic E-state index is 11.0. The molecule has 104 valence electrons. The molecule has 4 nitrogen and oxygen atoms in total. The zero-order chi connectivity index (χ0) is 13.8. The number of nitrogens with one attached hydrogen (secondary N) is 1. The van der Waals surface area contributed by atoms with E-state index in [9.17, 15) is 4.79 Å². The molecule has 19 heavy (non-hydrogen) atoms. The van der Waals surface area contributed by atoms with Gasteiger partial charge in [0.15, 0.2) is 0 Å². The van der Waals surface area contributed by atoms with Gasteiger partial charge in [0.05, 0.1) is 6.61 Å². The Bertz CT molecular complexity index is 459. The molecule has 0 saturated carbocycles. The van der Waals surface area contributed by atoms with Crippen molar-refractivity contribution in [3.05, 3.63) is 34.3 Å². The first-order chi connectivity index (χ1) is 9.08. The van der Waals surface area contributed by atoms with Gasteiger partial charge in [-0.25, -0.2) is 0 Å². The number of hydrogen-bond donors (Lipinski definition) is 2. The first-order valence-electron chi connectivity index (χ1n) is 6.47. The Balaban J connectivity index is 1.93. The monoisotopic (exact) mass is 282 g/mol. The molecule has 1 fully saturated rings. The molecule has 0 aliphatic carbocycles. The van der Waals surface area contributed by atoms with Gasteiger partial charge in [0.1, 0.15) is 0 Å². The molecule has 1 aromatic rings. The van der Waals surface area contributed by atoms with E-state index in [-0.39, 0.29) is 0 Å². The average Bonchev–Trinajstić information content (AvgIpc) is 2.90. The average molecular weight is 283 g/mol. The predicted molar refractivity (Wildman–Crippen MR) is 75.2 cm³/mol. The summed E-state index contributed by atoms with van der Waals surface area (Å²) in [4.78, 5) is 11.0. The number of benzene rings is 1. The first-order valence-corrected chi connectivity index (χ1v) is 6.85. The van der Waals surface area contributed by atoms with Crippen molar-refractivity contribution in [3.8, 4) is 0 Å². The van der Waals surface area contributed by atoms with E-state index in [1.165, 1.54) is 0 Å². The maximum Gasteiger partial charge on any atom is 0.248 e. The molecule has 2 atom stereocenters. The molecule has 0 spiro atoms. The van der Waals surface area contributed by atoms with Gasteiger partial charge in [0.2, 0.25) is 5.91 Å². The van der Waals surface area contributed by atoms with Crippen LogP contribution in [0.15, 0.2) is 18.2 Å². The molecule has 5 heteroatoms. The fraction of sp³-hybridized carbons (Fsp3) is 0.500. The second kappa shape index (κ2) is 6.37. The van der Waals surface area contributed by atoms with Crippen LogP contribution in [-0.4, -0.2) is 25.2 Å². The normalized spacial score (nSPS) is 20.4. The SMILES string of the molecule is CC(NCc1ccc(C(N)=O)cc1Cl)C1CCOC1. The van der Waals surface area contributed by atoms with E-state index in [0.717, 1.165) is 25.2 Å². The van der Waals surface area contributed by atoms with Crippen LogP contribution < -0.4 is 11.1 Å². The summed E-state index contributed by atoms with van der Waals surface area (Å²) in [7, 11) is 0. The lowest BCUT2D eigenvalue weighted by Crippen LogP contribution is -2.33. The van der Waals surface area contributed by atoms with Gasteiger partial charge in [0.25, 0.3) is 0 Å². The smallest absolute Gasteiger partial charge is 0.248 e. The molecule has 1 aliphatic heterocycles. The quantitative estimate of drug-likeness (QED) is 0.868. The third-order valence-electron chi connectivity index (χ3n) is 3.62. The van der Waals surface area contributed by atoms with Gasteiger partial charge < -0.3 is 15.8 Å². The molecule has 1 aromatic carbocycles. The number of carbonyl (C=O) groups excluding carboxylic acids is 1. The summed E-state index contributed by atoms with van der Waals surface area (Å²) >= 11 is 6.14. The van der Waals surface area contributed by atoms with Gasteiger partial charge in [-0.05, 0) is 37.0 Å². The third kappa shape index (κ3) is 3.69. The van der Waals surface area contributed by atoms with E-state index < -0.39 is 5.91 Å². The summed E-state index contributed by atoms with van der Waals surface area (Å²) in [5.74, 6) is 0.0987. The Hall–Kier alpha value is -1.10. The van der Waals surface area contributed by atoms with Crippen LogP contribution >= 0.6 is 11.6 Å². The molecule has 1 aliphatic rings. The van der Waals surface area contributed by atoms with Crippen molar-refractivity contribution in [2.24, 2.45) is 11.7 Å². The largest absolute Gasteiger partial charge is 0.381 e. The molecule has 2 rings (SSSR count). The summed E-state index contributed by atoms with van der Waals surface area (Å²) < 4.78 is 5.38. The van der Waals surface area contributed by atoms with Crippen LogP contribution in [0.2, 0.25) is 5.02 Å². The van der Waals surface area contributed by atoms with E-state index in [1.807, 2.05) is 6.07 Å². The summed E-state index contributed by atoms with van der Waals surface area (Å²) in [5, 5.41) is 4.02. The fourth-order valence-corrected chi connectivity index (χ4v) is 2.48. The summed E-state index contributed by atoms with van der Waals surface area (Å²) in [6.45, 7) is 4.51. The van der Waals surface area contributed by atoms with Crippen LogP contribution in [0.25, 0.3) is 0 Å². The minimum atomic E-state index is -0.460. The number of carbonyl (C=O) groups is 1. The Kier molecular flexibility index (Phi) is 4.80. The Labute approximate surface area is 118 Å². The number of amides is 1. The Morgan fingerprint density at radius 3 is 3.00 bits per heavy atom. The molecular weight excluding hydrogens is 264 g/mol. The molecule has 0 aromatic heterocycles. The lowest BCUT2D eigenvalue weighted by molar-refractivity contribution is 0.100. The van der Waals surface area contributed by atoms with Gasteiger partial charge in [-0.2, -0.15) is 0 Å². The number of halogens is 1. The zero-order valence-corrected chi connectivity index (χ0v) is 11.7. The van der Waals surface area contributed by atoms with Crippen LogP contribution in [-0.2, 0) is 11.3 Å². The van der Waals surface area contributed by atoms with Crippen LogP contribution in [0.1, 0.15) is 29.3 Å². The van der Waals surface area contributed by atoms with Crippen molar-refractivity contribution in [3.63, 3.8) is 0 Å².